The van der Waals surface area contributed by atoms with Crippen LogP contribution in [0.1, 0.15) is 42.1 Å². The number of hydrogen-bond acceptors (Lipinski definition) is 4. The summed E-state index contributed by atoms with van der Waals surface area (Å²) >= 11 is 0. The third-order valence-electron chi connectivity index (χ3n) is 3.92. The second-order valence-electron chi connectivity index (χ2n) is 5.79. The molecule has 6 heteroatoms. The van der Waals surface area contributed by atoms with E-state index in [0.29, 0.717) is 12.3 Å². The van der Waals surface area contributed by atoms with Gasteiger partial charge in [-0.15, -0.1) is 0 Å². The highest BCUT2D eigenvalue weighted by molar-refractivity contribution is 5.96. The molecule has 1 aliphatic heterocycles. The van der Waals surface area contributed by atoms with E-state index in [9.17, 15) is 9.59 Å². The zero-order valence-corrected chi connectivity index (χ0v) is 13.5. The Morgan fingerprint density at radius 3 is 2.87 bits per heavy atom. The number of carboxylic acids is 1. The number of anilines is 1. The molecule has 1 saturated heterocycles. The van der Waals surface area contributed by atoms with Crippen LogP contribution in [0.4, 0.5) is 5.69 Å². The van der Waals surface area contributed by atoms with Crippen LogP contribution in [0.5, 0.6) is 0 Å². The Labute approximate surface area is 135 Å². The van der Waals surface area contributed by atoms with E-state index < -0.39 is 12.1 Å². The summed E-state index contributed by atoms with van der Waals surface area (Å²) in [7, 11) is 0. The first-order valence-electron chi connectivity index (χ1n) is 7.85. The highest BCUT2D eigenvalue weighted by atomic mass is 16.5. The summed E-state index contributed by atoms with van der Waals surface area (Å²) in [5.41, 5.74) is 1.42. The molecule has 6 nitrogen and oxygen atoms in total. The van der Waals surface area contributed by atoms with Gasteiger partial charge in [-0.2, -0.15) is 0 Å². The van der Waals surface area contributed by atoms with Gasteiger partial charge in [-0.1, -0.05) is 6.07 Å². The molecule has 0 spiro atoms. The van der Waals surface area contributed by atoms with E-state index >= 15 is 0 Å². The van der Waals surface area contributed by atoms with Crippen LogP contribution >= 0.6 is 0 Å². The average molecular weight is 321 g/mol. The van der Waals surface area contributed by atoms with Gasteiger partial charge in [-0.3, -0.25) is 4.79 Å². The molecule has 2 atom stereocenters. The Bertz CT molecular complexity index is 566. The molecule has 1 aliphatic rings. The predicted molar refractivity (Wildman–Crippen MR) is 85.8 cm³/mol. The summed E-state index contributed by atoms with van der Waals surface area (Å²) in [5, 5.41) is 11.7. The van der Waals surface area contributed by atoms with Gasteiger partial charge in [0.2, 0.25) is 0 Å². The van der Waals surface area contributed by atoms with Gasteiger partial charge in [0.15, 0.2) is 0 Å². The highest BCUT2D eigenvalue weighted by Crippen LogP contribution is 2.18. The van der Waals surface area contributed by atoms with E-state index in [-0.39, 0.29) is 17.6 Å². The van der Waals surface area contributed by atoms with Crippen molar-refractivity contribution in [3.05, 3.63) is 29.3 Å². The third-order valence-corrected chi connectivity index (χ3v) is 3.92. The third kappa shape index (κ3) is 5.04. The average Bonchev–Trinajstić information content (AvgIpc) is 2.55. The second kappa shape index (κ2) is 8.08. The van der Waals surface area contributed by atoms with Gasteiger partial charge >= 0.3 is 5.97 Å². The zero-order chi connectivity index (χ0) is 16.8. The first-order chi connectivity index (χ1) is 11.0. The smallest absolute Gasteiger partial charge is 0.335 e. The van der Waals surface area contributed by atoms with Crippen molar-refractivity contribution in [2.45, 2.75) is 45.3 Å². The number of nitrogens with one attached hydrogen (secondary N) is 1. The fourth-order valence-electron chi connectivity index (χ4n) is 2.39. The maximum absolute atomic E-state index is 12.2. The van der Waals surface area contributed by atoms with Crippen LogP contribution in [0, 0.1) is 6.92 Å². The monoisotopic (exact) mass is 321 g/mol. The predicted octanol–water partition coefficient (Wildman–Crippen LogP) is 2.61. The Balaban J connectivity index is 1.90. The van der Waals surface area contributed by atoms with E-state index in [4.69, 9.17) is 14.6 Å². The number of carboxylic acid groups (broad SMARTS) is 1. The summed E-state index contributed by atoms with van der Waals surface area (Å²) in [6.07, 6.45) is 2.57. The van der Waals surface area contributed by atoms with Crippen molar-refractivity contribution in [2.75, 3.05) is 18.5 Å². The number of carbonyl (C=O) groups excluding carboxylic acids is 1. The molecular weight excluding hydrogens is 298 g/mol. The molecule has 23 heavy (non-hydrogen) atoms. The van der Waals surface area contributed by atoms with Gasteiger partial charge in [0.1, 0.15) is 6.10 Å². The van der Waals surface area contributed by atoms with Crippen molar-refractivity contribution < 1.29 is 24.2 Å². The van der Waals surface area contributed by atoms with Crippen LogP contribution in [-0.4, -0.2) is 42.4 Å². The van der Waals surface area contributed by atoms with E-state index in [1.165, 1.54) is 12.1 Å². The lowest BCUT2D eigenvalue weighted by Crippen LogP contribution is -2.32. The summed E-state index contributed by atoms with van der Waals surface area (Å²) in [6.45, 7) is 4.62. The SMILES string of the molecule is Cc1ccc(C(=O)O)cc1NC(=O)C(C)OCC1CCCCO1. The van der Waals surface area contributed by atoms with Gasteiger partial charge in [-0.05, 0) is 50.8 Å². The minimum absolute atomic E-state index is 0.0519. The first-order valence-corrected chi connectivity index (χ1v) is 7.85. The van der Waals surface area contributed by atoms with Crippen LogP contribution in [0.3, 0.4) is 0 Å². The summed E-state index contributed by atoms with van der Waals surface area (Å²) in [5.74, 6) is -1.33. The van der Waals surface area contributed by atoms with Gasteiger partial charge in [-0.25, -0.2) is 4.79 Å². The number of ether oxygens (including phenoxy) is 2. The normalized spacial score (nSPS) is 19.1. The molecule has 0 aliphatic carbocycles. The number of hydrogen-bond donors (Lipinski definition) is 2. The van der Waals surface area contributed by atoms with Crippen molar-refractivity contribution in [2.24, 2.45) is 0 Å². The lowest BCUT2D eigenvalue weighted by atomic mass is 10.1. The Morgan fingerprint density at radius 2 is 2.22 bits per heavy atom. The fourth-order valence-corrected chi connectivity index (χ4v) is 2.39. The molecule has 0 saturated carbocycles. The largest absolute Gasteiger partial charge is 0.478 e. The van der Waals surface area contributed by atoms with E-state index in [2.05, 4.69) is 5.32 Å². The number of benzene rings is 1. The minimum atomic E-state index is -1.03. The Kier molecular flexibility index (Phi) is 6.12. The van der Waals surface area contributed by atoms with Crippen molar-refractivity contribution >= 4 is 17.6 Å². The molecule has 0 aromatic heterocycles. The summed E-state index contributed by atoms with van der Waals surface area (Å²) < 4.78 is 11.1. The Hall–Kier alpha value is -1.92. The standard InChI is InChI=1S/C17H23NO5/c1-11-6-7-13(17(20)21)9-15(11)18-16(19)12(2)23-10-14-5-3-4-8-22-14/h6-7,9,12,14H,3-5,8,10H2,1-2H3,(H,18,19)(H,20,21). The maximum atomic E-state index is 12.2. The highest BCUT2D eigenvalue weighted by Gasteiger charge is 2.19. The van der Waals surface area contributed by atoms with Crippen molar-refractivity contribution in [3.8, 4) is 0 Å². The quantitative estimate of drug-likeness (QED) is 0.841. The van der Waals surface area contributed by atoms with Crippen molar-refractivity contribution in [1.29, 1.82) is 0 Å². The number of amides is 1. The van der Waals surface area contributed by atoms with E-state index in [0.717, 1.165) is 31.4 Å². The maximum Gasteiger partial charge on any atom is 0.335 e. The van der Waals surface area contributed by atoms with Gasteiger partial charge < -0.3 is 19.9 Å². The van der Waals surface area contributed by atoms with E-state index in [1.807, 2.05) is 6.92 Å². The lowest BCUT2D eigenvalue weighted by Gasteiger charge is -2.24. The summed E-state index contributed by atoms with van der Waals surface area (Å²) in [6, 6.07) is 4.63. The molecule has 1 aromatic rings. The van der Waals surface area contributed by atoms with Crippen LogP contribution in [0.15, 0.2) is 18.2 Å². The lowest BCUT2D eigenvalue weighted by molar-refractivity contribution is -0.130. The molecule has 0 bridgehead atoms. The molecular formula is C17H23NO5. The molecule has 2 unspecified atom stereocenters. The topological polar surface area (TPSA) is 84.9 Å². The van der Waals surface area contributed by atoms with Crippen molar-refractivity contribution in [1.82, 2.24) is 0 Å². The van der Waals surface area contributed by atoms with Crippen LogP contribution in [0.2, 0.25) is 0 Å². The molecule has 1 fully saturated rings. The van der Waals surface area contributed by atoms with E-state index in [1.54, 1.807) is 13.0 Å². The van der Waals surface area contributed by atoms with Crippen LogP contribution in [-0.2, 0) is 14.3 Å². The molecule has 1 heterocycles. The van der Waals surface area contributed by atoms with Gasteiger partial charge in [0, 0.05) is 12.3 Å². The molecule has 126 valence electrons. The number of rotatable bonds is 6. The number of aromatic carboxylic acids is 1. The summed E-state index contributed by atoms with van der Waals surface area (Å²) in [4.78, 5) is 23.2. The van der Waals surface area contributed by atoms with Gasteiger partial charge in [0.05, 0.1) is 18.3 Å². The molecule has 1 aromatic carbocycles. The second-order valence-corrected chi connectivity index (χ2v) is 5.79. The first kappa shape index (κ1) is 17.4. The number of aryl methyl sites for hydroxylation is 1. The molecule has 0 radical (unpaired) electrons. The Morgan fingerprint density at radius 1 is 1.43 bits per heavy atom. The molecule has 2 rings (SSSR count). The molecule has 1 amide bonds. The zero-order valence-electron chi connectivity index (χ0n) is 13.5. The molecule has 2 N–H and O–H groups in total. The minimum Gasteiger partial charge on any atom is -0.478 e. The van der Waals surface area contributed by atoms with Crippen molar-refractivity contribution in [3.63, 3.8) is 0 Å². The van der Waals surface area contributed by atoms with Gasteiger partial charge in [0.25, 0.3) is 5.91 Å². The fraction of sp³-hybridized carbons (Fsp3) is 0.529. The van der Waals surface area contributed by atoms with Crippen LogP contribution in [0.25, 0.3) is 0 Å². The number of carbonyl (C=O) groups is 2. The van der Waals surface area contributed by atoms with Crippen LogP contribution < -0.4 is 5.32 Å².